The standard InChI is InChI=1S/C12H18N2O4/c1-2-8-6-14-11(18-8)7-13-5-9-3-4-10(17-9)12(15)16/h6,9-10,13H,2-5,7H2,1H3,(H,15,16). The van der Waals surface area contributed by atoms with Crippen LogP contribution in [-0.4, -0.2) is 34.8 Å². The molecule has 0 saturated carbocycles. The number of oxazole rings is 1. The van der Waals surface area contributed by atoms with Crippen molar-refractivity contribution in [2.45, 2.75) is 44.9 Å². The van der Waals surface area contributed by atoms with Gasteiger partial charge >= 0.3 is 5.97 Å². The fourth-order valence-electron chi connectivity index (χ4n) is 1.97. The van der Waals surface area contributed by atoms with Crippen molar-refractivity contribution >= 4 is 5.97 Å². The molecule has 1 fully saturated rings. The van der Waals surface area contributed by atoms with Crippen LogP contribution in [0, 0.1) is 0 Å². The molecule has 6 heteroatoms. The molecule has 6 nitrogen and oxygen atoms in total. The van der Waals surface area contributed by atoms with Gasteiger partial charge in [-0.15, -0.1) is 0 Å². The maximum atomic E-state index is 10.7. The molecule has 2 unspecified atom stereocenters. The van der Waals surface area contributed by atoms with E-state index < -0.39 is 12.1 Å². The minimum Gasteiger partial charge on any atom is -0.479 e. The lowest BCUT2D eigenvalue weighted by Gasteiger charge is -2.11. The molecule has 2 heterocycles. The summed E-state index contributed by atoms with van der Waals surface area (Å²) < 4.78 is 10.8. The van der Waals surface area contributed by atoms with Gasteiger partial charge in [-0.25, -0.2) is 9.78 Å². The SMILES string of the molecule is CCc1cnc(CNCC2CCC(C(=O)O)O2)o1. The smallest absolute Gasteiger partial charge is 0.332 e. The van der Waals surface area contributed by atoms with Crippen LogP contribution in [0.2, 0.25) is 0 Å². The van der Waals surface area contributed by atoms with E-state index >= 15 is 0 Å². The lowest BCUT2D eigenvalue weighted by atomic mass is 10.2. The second-order valence-electron chi connectivity index (χ2n) is 4.37. The molecule has 100 valence electrons. The van der Waals surface area contributed by atoms with Crippen molar-refractivity contribution in [3.8, 4) is 0 Å². The van der Waals surface area contributed by atoms with Crippen molar-refractivity contribution in [3.05, 3.63) is 17.8 Å². The Kier molecular flexibility index (Phi) is 4.33. The van der Waals surface area contributed by atoms with E-state index in [-0.39, 0.29) is 6.10 Å². The number of ether oxygens (including phenoxy) is 1. The summed E-state index contributed by atoms with van der Waals surface area (Å²) in [4.78, 5) is 14.8. The number of nitrogens with one attached hydrogen (secondary N) is 1. The Labute approximate surface area is 105 Å². The van der Waals surface area contributed by atoms with Crippen molar-refractivity contribution in [3.63, 3.8) is 0 Å². The minimum atomic E-state index is -0.877. The molecule has 0 aliphatic carbocycles. The first kappa shape index (κ1) is 13.0. The number of carboxylic acid groups (broad SMARTS) is 1. The molecule has 0 bridgehead atoms. The predicted octanol–water partition coefficient (Wildman–Crippen LogP) is 0.959. The Hall–Kier alpha value is -1.40. The first-order valence-corrected chi connectivity index (χ1v) is 6.21. The van der Waals surface area contributed by atoms with Crippen LogP contribution >= 0.6 is 0 Å². The number of hydrogen-bond donors (Lipinski definition) is 2. The summed E-state index contributed by atoms with van der Waals surface area (Å²) >= 11 is 0. The van der Waals surface area contributed by atoms with E-state index in [2.05, 4.69) is 10.3 Å². The molecule has 2 N–H and O–H groups in total. The second kappa shape index (κ2) is 5.97. The zero-order valence-corrected chi connectivity index (χ0v) is 10.4. The van der Waals surface area contributed by atoms with E-state index in [0.29, 0.717) is 25.4 Å². The second-order valence-corrected chi connectivity index (χ2v) is 4.37. The highest BCUT2D eigenvalue weighted by Crippen LogP contribution is 2.19. The average Bonchev–Trinajstić information content (AvgIpc) is 2.97. The van der Waals surface area contributed by atoms with Crippen molar-refractivity contribution in [1.29, 1.82) is 0 Å². The average molecular weight is 254 g/mol. The first-order valence-electron chi connectivity index (χ1n) is 6.21. The zero-order chi connectivity index (χ0) is 13.0. The molecule has 2 rings (SSSR count). The minimum absolute atomic E-state index is 0.0355. The van der Waals surface area contributed by atoms with E-state index in [1.807, 2.05) is 6.92 Å². The molecular formula is C12H18N2O4. The normalized spacial score (nSPS) is 23.4. The van der Waals surface area contributed by atoms with Crippen LogP contribution in [0.15, 0.2) is 10.6 Å². The number of nitrogens with zero attached hydrogens (tertiary/aromatic N) is 1. The third-order valence-electron chi connectivity index (χ3n) is 2.98. The Morgan fingerprint density at radius 3 is 3.06 bits per heavy atom. The summed E-state index contributed by atoms with van der Waals surface area (Å²) in [6.07, 6.45) is 3.23. The van der Waals surface area contributed by atoms with Crippen LogP contribution in [0.1, 0.15) is 31.4 Å². The summed E-state index contributed by atoms with van der Waals surface area (Å²) in [5.74, 6) is 0.646. The highest BCUT2D eigenvalue weighted by atomic mass is 16.5. The molecule has 1 aliphatic heterocycles. The monoisotopic (exact) mass is 254 g/mol. The van der Waals surface area contributed by atoms with Gasteiger partial charge in [0.25, 0.3) is 0 Å². The maximum absolute atomic E-state index is 10.7. The molecular weight excluding hydrogens is 236 g/mol. The van der Waals surface area contributed by atoms with Gasteiger partial charge in [0.2, 0.25) is 5.89 Å². The molecule has 0 spiro atoms. The number of hydrogen-bond acceptors (Lipinski definition) is 5. The molecule has 1 aliphatic rings. The van der Waals surface area contributed by atoms with Gasteiger partial charge in [0.1, 0.15) is 5.76 Å². The van der Waals surface area contributed by atoms with E-state index in [1.54, 1.807) is 6.20 Å². The Morgan fingerprint density at radius 2 is 2.44 bits per heavy atom. The lowest BCUT2D eigenvalue weighted by molar-refractivity contribution is -0.149. The van der Waals surface area contributed by atoms with Crippen molar-refractivity contribution in [2.24, 2.45) is 0 Å². The molecule has 2 atom stereocenters. The summed E-state index contributed by atoms with van der Waals surface area (Å²) in [6, 6.07) is 0. The third-order valence-corrected chi connectivity index (χ3v) is 2.98. The number of aryl methyl sites for hydroxylation is 1. The van der Waals surface area contributed by atoms with E-state index in [4.69, 9.17) is 14.3 Å². The van der Waals surface area contributed by atoms with Crippen molar-refractivity contribution < 1.29 is 19.1 Å². The third kappa shape index (κ3) is 3.30. The highest BCUT2D eigenvalue weighted by Gasteiger charge is 2.29. The molecule has 18 heavy (non-hydrogen) atoms. The number of rotatable bonds is 6. The molecule has 1 aromatic heterocycles. The van der Waals surface area contributed by atoms with Gasteiger partial charge in [-0.3, -0.25) is 0 Å². The lowest BCUT2D eigenvalue weighted by Crippen LogP contribution is -2.28. The fraction of sp³-hybridized carbons (Fsp3) is 0.667. The van der Waals surface area contributed by atoms with Crippen LogP contribution in [0.4, 0.5) is 0 Å². The summed E-state index contributed by atoms with van der Waals surface area (Å²) in [6.45, 7) is 3.17. The predicted molar refractivity (Wildman–Crippen MR) is 63.1 cm³/mol. The Balaban J connectivity index is 1.68. The number of aliphatic carboxylic acids is 1. The van der Waals surface area contributed by atoms with Gasteiger partial charge in [-0.05, 0) is 12.8 Å². The van der Waals surface area contributed by atoms with E-state index in [1.165, 1.54) is 0 Å². The molecule has 0 radical (unpaired) electrons. The number of aromatic nitrogens is 1. The molecule has 1 aromatic rings. The van der Waals surface area contributed by atoms with Gasteiger partial charge in [-0.2, -0.15) is 0 Å². The van der Waals surface area contributed by atoms with Gasteiger partial charge in [-0.1, -0.05) is 6.92 Å². The van der Waals surface area contributed by atoms with E-state index in [9.17, 15) is 4.79 Å². The molecule has 1 saturated heterocycles. The Morgan fingerprint density at radius 1 is 1.61 bits per heavy atom. The quantitative estimate of drug-likeness (QED) is 0.786. The van der Waals surface area contributed by atoms with Crippen LogP contribution in [0.25, 0.3) is 0 Å². The highest BCUT2D eigenvalue weighted by molar-refractivity contribution is 5.72. The summed E-state index contributed by atoms with van der Waals surface area (Å²) in [5.41, 5.74) is 0. The molecule has 0 aromatic carbocycles. The molecule has 0 amide bonds. The van der Waals surface area contributed by atoms with Gasteiger partial charge in [0.05, 0.1) is 18.8 Å². The largest absolute Gasteiger partial charge is 0.479 e. The zero-order valence-electron chi connectivity index (χ0n) is 10.4. The maximum Gasteiger partial charge on any atom is 0.332 e. The van der Waals surface area contributed by atoms with Crippen LogP contribution in [0.5, 0.6) is 0 Å². The number of carboxylic acids is 1. The first-order chi connectivity index (χ1) is 8.69. The van der Waals surface area contributed by atoms with Gasteiger partial charge in [0.15, 0.2) is 6.10 Å². The Bertz CT molecular complexity index is 405. The van der Waals surface area contributed by atoms with Gasteiger partial charge in [0, 0.05) is 13.0 Å². The number of carbonyl (C=O) groups is 1. The van der Waals surface area contributed by atoms with Crippen molar-refractivity contribution in [2.75, 3.05) is 6.54 Å². The van der Waals surface area contributed by atoms with E-state index in [0.717, 1.165) is 18.6 Å². The van der Waals surface area contributed by atoms with Gasteiger partial charge < -0.3 is 19.6 Å². The van der Waals surface area contributed by atoms with Crippen molar-refractivity contribution in [1.82, 2.24) is 10.3 Å². The summed E-state index contributed by atoms with van der Waals surface area (Å²) in [5, 5.41) is 12.0. The fourth-order valence-corrected chi connectivity index (χ4v) is 1.97. The summed E-state index contributed by atoms with van der Waals surface area (Å²) in [7, 11) is 0. The van der Waals surface area contributed by atoms with Crippen LogP contribution in [0.3, 0.4) is 0 Å². The topological polar surface area (TPSA) is 84.6 Å². The van der Waals surface area contributed by atoms with Crippen LogP contribution < -0.4 is 5.32 Å². The van der Waals surface area contributed by atoms with Crippen LogP contribution in [-0.2, 0) is 22.5 Å².